The highest BCUT2D eigenvalue weighted by atomic mass is 35.5. The molecule has 4 heteroatoms. The van der Waals surface area contributed by atoms with Crippen LogP contribution in [0, 0.1) is 5.82 Å². The summed E-state index contributed by atoms with van der Waals surface area (Å²) in [6, 6.07) is 5.90. The van der Waals surface area contributed by atoms with Crippen LogP contribution in [0.15, 0.2) is 18.2 Å². The third-order valence-corrected chi connectivity index (χ3v) is 4.07. The summed E-state index contributed by atoms with van der Waals surface area (Å²) >= 11 is 5.81. The summed E-state index contributed by atoms with van der Waals surface area (Å²) in [6.07, 6.45) is 3.47. The Kier molecular flexibility index (Phi) is 5.06. The molecule has 1 atom stereocenters. The number of rotatable bonds is 3. The first-order chi connectivity index (χ1) is 9.06. The van der Waals surface area contributed by atoms with Crippen molar-refractivity contribution in [2.24, 2.45) is 0 Å². The highest BCUT2D eigenvalue weighted by Gasteiger charge is 2.18. The summed E-state index contributed by atoms with van der Waals surface area (Å²) < 4.78 is 13.1. The van der Waals surface area contributed by atoms with Gasteiger partial charge in [-0.1, -0.05) is 11.6 Å². The number of anilines is 1. The number of halogens is 2. The molecule has 1 aromatic rings. The van der Waals surface area contributed by atoms with Crippen molar-refractivity contribution in [1.82, 2.24) is 4.90 Å². The highest BCUT2D eigenvalue weighted by Crippen LogP contribution is 2.22. The van der Waals surface area contributed by atoms with Gasteiger partial charge in [-0.3, -0.25) is 0 Å². The molecule has 2 nitrogen and oxygen atoms in total. The van der Waals surface area contributed by atoms with Gasteiger partial charge in [0.2, 0.25) is 0 Å². The topological polar surface area (TPSA) is 15.3 Å². The minimum Gasteiger partial charge on any atom is -0.382 e. The second-order valence-corrected chi connectivity index (χ2v) is 5.94. The lowest BCUT2D eigenvalue weighted by molar-refractivity contribution is 0.230. The van der Waals surface area contributed by atoms with Crippen LogP contribution in [0.2, 0.25) is 5.02 Å². The maximum Gasteiger partial charge on any atom is 0.141 e. The maximum absolute atomic E-state index is 13.1. The minimum atomic E-state index is -0.362. The van der Waals surface area contributed by atoms with Gasteiger partial charge < -0.3 is 10.2 Å². The van der Waals surface area contributed by atoms with E-state index >= 15 is 0 Å². The van der Waals surface area contributed by atoms with Crippen molar-refractivity contribution < 1.29 is 4.39 Å². The van der Waals surface area contributed by atoms with E-state index in [1.54, 1.807) is 12.1 Å². The summed E-state index contributed by atoms with van der Waals surface area (Å²) in [5.41, 5.74) is 0.911. The van der Waals surface area contributed by atoms with Gasteiger partial charge in [0.05, 0.1) is 5.02 Å². The second kappa shape index (κ2) is 6.58. The molecule has 106 valence electrons. The number of hydrogen-bond acceptors (Lipinski definition) is 2. The summed E-state index contributed by atoms with van der Waals surface area (Å²) in [7, 11) is 0. The van der Waals surface area contributed by atoms with E-state index in [-0.39, 0.29) is 10.8 Å². The predicted octanol–water partition coefficient (Wildman–Crippen LogP) is 4.15. The molecule has 0 bridgehead atoms. The third kappa shape index (κ3) is 4.08. The molecule has 1 aliphatic heterocycles. The van der Waals surface area contributed by atoms with Crippen LogP contribution < -0.4 is 5.32 Å². The monoisotopic (exact) mass is 284 g/mol. The van der Waals surface area contributed by atoms with Crippen LogP contribution in [0.3, 0.4) is 0 Å². The average molecular weight is 285 g/mol. The molecule has 1 unspecified atom stereocenters. The lowest BCUT2D eigenvalue weighted by Gasteiger charge is -2.24. The van der Waals surface area contributed by atoms with E-state index in [4.69, 9.17) is 11.6 Å². The van der Waals surface area contributed by atoms with Crippen molar-refractivity contribution in [3.05, 3.63) is 29.0 Å². The first kappa shape index (κ1) is 14.6. The predicted molar refractivity (Wildman–Crippen MR) is 79.4 cm³/mol. The largest absolute Gasteiger partial charge is 0.382 e. The van der Waals surface area contributed by atoms with E-state index in [1.165, 1.54) is 19.0 Å². The normalized spacial score (nSPS) is 21.4. The number of benzene rings is 1. The quantitative estimate of drug-likeness (QED) is 0.897. The summed E-state index contributed by atoms with van der Waals surface area (Å²) in [5, 5.41) is 3.65. The summed E-state index contributed by atoms with van der Waals surface area (Å²) in [5.74, 6) is -0.362. The third-order valence-electron chi connectivity index (χ3n) is 3.78. The SMILES string of the molecule is CC(C)N1CCCC(Nc2ccc(F)c(Cl)c2)CC1. The van der Waals surface area contributed by atoms with Crippen molar-refractivity contribution in [2.45, 2.75) is 45.2 Å². The first-order valence-electron chi connectivity index (χ1n) is 7.02. The zero-order valence-electron chi connectivity index (χ0n) is 11.6. The molecule has 1 aromatic carbocycles. The van der Waals surface area contributed by atoms with Gasteiger partial charge in [0.1, 0.15) is 5.82 Å². The van der Waals surface area contributed by atoms with Crippen LogP contribution in [-0.4, -0.2) is 30.1 Å². The molecule has 0 aliphatic carbocycles. The Morgan fingerprint density at radius 1 is 1.32 bits per heavy atom. The molecule has 0 spiro atoms. The second-order valence-electron chi connectivity index (χ2n) is 5.53. The molecule has 1 heterocycles. The number of likely N-dealkylation sites (tertiary alicyclic amines) is 1. The van der Waals surface area contributed by atoms with Crippen molar-refractivity contribution in [3.63, 3.8) is 0 Å². The van der Waals surface area contributed by atoms with Crippen molar-refractivity contribution >= 4 is 17.3 Å². The average Bonchev–Trinajstić information content (AvgIpc) is 2.59. The Labute approximate surface area is 119 Å². The van der Waals surface area contributed by atoms with E-state index in [9.17, 15) is 4.39 Å². The van der Waals surface area contributed by atoms with Gasteiger partial charge in [-0.2, -0.15) is 0 Å². The van der Waals surface area contributed by atoms with Crippen LogP contribution in [0.1, 0.15) is 33.1 Å². The van der Waals surface area contributed by atoms with E-state index in [0.717, 1.165) is 25.1 Å². The molecular formula is C15H22ClFN2. The van der Waals surface area contributed by atoms with Gasteiger partial charge in [-0.15, -0.1) is 0 Å². The van der Waals surface area contributed by atoms with Crippen LogP contribution in [-0.2, 0) is 0 Å². The molecule has 0 radical (unpaired) electrons. The van der Waals surface area contributed by atoms with Gasteiger partial charge in [-0.05, 0) is 57.9 Å². The molecule has 0 saturated carbocycles. The van der Waals surface area contributed by atoms with Crippen LogP contribution in [0.4, 0.5) is 10.1 Å². The van der Waals surface area contributed by atoms with Crippen molar-refractivity contribution in [1.29, 1.82) is 0 Å². The fourth-order valence-corrected chi connectivity index (χ4v) is 2.78. The van der Waals surface area contributed by atoms with E-state index in [0.29, 0.717) is 12.1 Å². The van der Waals surface area contributed by atoms with Crippen LogP contribution in [0.5, 0.6) is 0 Å². The molecule has 0 aromatic heterocycles. The molecule has 19 heavy (non-hydrogen) atoms. The standard InChI is InChI=1S/C15H22ClFN2/c1-11(2)19-8-3-4-12(7-9-19)18-13-5-6-15(17)14(16)10-13/h5-6,10-12,18H,3-4,7-9H2,1-2H3. The van der Waals surface area contributed by atoms with Crippen molar-refractivity contribution in [2.75, 3.05) is 18.4 Å². The zero-order valence-corrected chi connectivity index (χ0v) is 12.4. The van der Waals surface area contributed by atoms with E-state index in [2.05, 4.69) is 24.1 Å². The van der Waals surface area contributed by atoms with Crippen LogP contribution >= 0.6 is 11.6 Å². The highest BCUT2D eigenvalue weighted by molar-refractivity contribution is 6.31. The Balaban J connectivity index is 1.94. The Morgan fingerprint density at radius 3 is 2.79 bits per heavy atom. The molecule has 1 fully saturated rings. The molecule has 1 aliphatic rings. The molecule has 0 amide bonds. The van der Waals surface area contributed by atoms with E-state index in [1.807, 2.05) is 0 Å². The van der Waals surface area contributed by atoms with Crippen molar-refractivity contribution in [3.8, 4) is 0 Å². The van der Waals surface area contributed by atoms with Gasteiger partial charge >= 0.3 is 0 Å². The Morgan fingerprint density at radius 2 is 2.11 bits per heavy atom. The van der Waals surface area contributed by atoms with Gasteiger partial charge in [-0.25, -0.2) is 4.39 Å². The summed E-state index contributed by atoms with van der Waals surface area (Å²) in [6.45, 7) is 6.77. The smallest absolute Gasteiger partial charge is 0.141 e. The van der Waals surface area contributed by atoms with E-state index < -0.39 is 0 Å². The first-order valence-corrected chi connectivity index (χ1v) is 7.39. The summed E-state index contributed by atoms with van der Waals surface area (Å²) in [4.78, 5) is 2.51. The number of nitrogens with one attached hydrogen (secondary N) is 1. The Bertz CT molecular complexity index is 423. The lowest BCUT2D eigenvalue weighted by atomic mass is 10.1. The number of hydrogen-bond donors (Lipinski definition) is 1. The molecule has 1 saturated heterocycles. The fraction of sp³-hybridized carbons (Fsp3) is 0.600. The van der Waals surface area contributed by atoms with Gasteiger partial charge in [0, 0.05) is 24.3 Å². The van der Waals surface area contributed by atoms with Gasteiger partial charge in [0.15, 0.2) is 0 Å². The molecular weight excluding hydrogens is 263 g/mol. The zero-order chi connectivity index (χ0) is 13.8. The fourth-order valence-electron chi connectivity index (χ4n) is 2.60. The molecule has 2 rings (SSSR count). The maximum atomic E-state index is 13.1. The van der Waals surface area contributed by atoms with Gasteiger partial charge in [0.25, 0.3) is 0 Å². The Hall–Kier alpha value is -0.800. The van der Waals surface area contributed by atoms with Crippen LogP contribution in [0.25, 0.3) is 0 Å². The minimum absolute atomic E-state index is 0.183. The molecule has 1 N–H and O–H groups in total. The number of nitrogens with zero attached hydrogens (tertiary/aromatic N) is 1. The lowest BCUT2D eigenvalue weighted by Crippen LogP contribution is -2.32.